The maximum atomic E-state index is 11.9. The summed E-state index contributed by atoms with van der Waals surface area (Å²) < 4.78 is 5.53. The van der Waals surface area contributed by atoms with E-state index >= 15 is 0 Å². The zero-order valence-electron chi connectivity index (χ0n) is 10.9. The van der Waals surface area contributed by atoms with Gasteiger partial charge in [0.05, 0.1) is 18.6 Å². The van der Waals surface area contributed by atoms with Crippen molar-refractivity contribution in [2.45, 2.75) is 39.3 Å². The fourth-order valence-corrected chi connectivity index (χ4v) is 1.48. The normalized spacial score (nSPS) is 11.7. The van der Waals surface area contributed by atoms with Crippen molar-refractivity contribution in [3.05, 3.63) is 29.8 Å². The first-order valence-corrected chi connectivity index (χ1v) is 5.97. The van der Waals surface area contributed by atoms with Gasteiger partial charge < -0.3 is 10.1 Å². The summed E-state index contributed by atoms with van der Waals surface area (Å²) >= 11 is 0. The number of nitriles is 1. The average Bonchev–Trinajstić information content (AvgIpc) is 2.28. The van der Waals surface area contributed by atoms with Gasteiger partial charge in [-0.25, -0.2) is 0 Å². The maximum absolute atomic E-state index is 11.9. The van der Waals surface area contributed by atoms with Gasteiger partial charge in [-0.05, 0) is 39.0 Å². The predicted octanol–water partition coefficient (Wildman–Crippen LogP) is 2.51. The van der Waals surface area contributed by atoms with E-state index in [9.17, 15) is 4.79 Å². The van der Waals surface area contributed by atoms with Crippen LogP contribution in [0.2, 0.25) is 0 Å². The molecule has 1 amide bonds. The number of nitrogens with one attached hydrogen (secondary N) is 1. The van der Waals surface area contributed by atoms with Gasteiger partial charge in [0, 0.05) is 11.6 Å². The van der Waals surface area contributed by atoms with Crippen LogP contribution < -0.4 is 10.1 Å². The molecule has 0 spiro atoms. The van der Waals surface area contributed by atoms with Crippen LogP contribution in [0.5, 0.6) is 5.75 Å². The third-order valence-electron chi connectivity index (χ3n) is 2.24. The number of hydrogen-bond acceptors (Lipinski definition) is 3. The highest BCUT2D eigenvalue weighted by Crippen LogP contribution is 2.15. The SMILES string of the molecule is CC(CC#N)NC(=O)c1cccc(OC(C)C)c1. The quantitative estimate of drug-likeness (QED) is 0.868. The molecule has 0 bridgehead atoms. The van der Waals surface area contributed by atoms with Crippen LogP contribution in [0.4, 0.5) is 0 Å². The van der Waals surface area contributed by atoms with Gasteiger partial charge in [0.2, 0.25) is 0 Å². The van der Waals surface area contributed by atoms with E-state index in [0.717, 1.165) is 0 Å². The lowest BCUT2D eigenvalue weighted by Gasteiger charge is -2.13. The van der Waals surface area contributed by atoms with Crippen LogP contribution in [0.15, 0.2) is 24.3 Å². The van der Waals surface area contributed by atoms with Crippen molar-refractivity contribution in [1.29, 1.82) is 5.26 Å². The van der Waals surface area contributed by atoms with E-state index in [-0.39, 0.29) is 18.1 Å². The largest absolute Gasteiger partial charge is 0.491 e. The molecule has 0 saturated heterocycles. The standard InChI is InChI=1S/C14H18N2O2/c1-10(2)18-13-6-4-5-12(9-13)14(17)16-11(3)7-8-15/h4-6,9-11H,7H2,1-3H3,(H,16,17). The molecule has 0 aliphatic rings. The highest BCUT2D eigenvalue weighted by atomic mass is 16.5. The minimum absolute atomic E-state index is 0.0702. The Hall–Kier alpha value is -2.02. The molecule has 0 aliphatic heterocycles. The Balaban J connectivity index is 2.71. The number of nitrogens with zero attached hydrogens (tertiary/aromatic N) is 1. The van der Waals surface area contributed by atoms with Crippen molar-refractivity contribution in [3.63, 3.8) is 0 Å². The summed E-state index contributed by atoms with van der Waals surface area (Å²) in [6.45, 7) is 5.67. The molecule has 1 aromatic carbocycles. The Labute approximate surface area is 108 Å². The van der Waals surface area contributed by atoms with Crippen LogP contribution in [-0.2, 0) is 0 Å². The molecule has 1 atom stereocenters. The number of rotatable bonds is 5. The van der Waals surface area contributed by atoms with E-state index in [0.29, 0.717) is 17.7 Å². The zero-order chi connectivity index (χ0) is 13.5. The van der Waals surface area contributed by atoms with E-state index in [1.54, 1.807) is 25.1 Å². The smallest absolute Gasteiger partial charge is 0.251 e. The monoisotopic (exact) mass is 246 g/mol. The predicted molar refractivity (Wildman–Crippen MR) is 69.4 cm³/mol. The van der Waals surface area contributed by atoms with Gasteiger partial charge in [-0.3, -0.25) is 4.79 Å². The van der Waals surface area contributed by atoms with Gasteiger partial charge in [0.25, 0.3) is 5.91 Å². The molecule has 4 heteroatoms. The van der Waals surface area contributed by atoms with Crippen LogP contribution in [0.3, 0.4) is 0 Å². The summed E-state index contributed by atoms with van der Waals surface area (Å²) in [6, 6.07) is 8.89. The van der Waals surface area contributed by atoms with Crippen LogP contribution in [0.25, 0.3) is 0 Å². The van der Waals surface area contributed by atoms with Gasteiger partial charge in [-0.15, -0.1) is 0 Å². The Morgan fingerprint density at radius 3 is 2.78 bits per heavy atom. The average molecular weight is 246 g/mol. The summed E-state index contributed by atoms with van der Waals surface area (Å²) in [5.74, 6) is 0.484. The van der Waals surface area contributed by atoms with E-state index in [2.05, 4.69) is 5.32 Å². The van der Waals surface area contributed by atoms with Crippen LogP contribution in [0.1, 0.15) is 37.6 Å². The number of amides is 1. The van der Waals surface area contributed by atoms with E-state index in [1.807, 2.05) is 26.0 Å². The Morgan fingerprint density at radius 2 is 2.17 bits per heavy atom. The van der Waals surface area contributed by atoms with Gasteiger partial charge in [0.1, 0.15) is 5.75 Å². The van der Waals surface area contributed by atoms with E-state index in [4.69, 9.17) is 10.00 Å². The first-order valence-electron chi connectivity index (χ1n) is 5.97. The van der Waals surface area contributed by atoms with Crippen LogP contribution in [0, 0.1) is 11.3 Å². The molecule has 1 unspecified atom stereocenters. The lowest BCUT2D eigenvalue weighted by Crippen LogP contribution is -2.32. The Bertz CT molecular complexity index is 449. The summed E-state index contributed by atoms with van der Waals surface area (Å²) in [6.07, 6.45) is 0.370. The number of ether oxygens (including phenoxy) is 1. The maximum Gasteiger partial charge on any atom is 0.251 e. The third-order valence-corrected chi connectivity index (χ3v) is 2.24. The molecule has 0 radical (unpaired) electrons. The topological polar surface area (TPSA) is 62.1 Å². The van der Waals surface area contributed by atoms with Crippen molar-refractivity contribution in [1.82, 2.24) is 5.32 Å². The van der Waals surface area contributed by atoms with Gasteiger partial charge in [-0.1, -0.05) is 6.07 Å². The Kier molecular flexibility index (Phi) is 5.19. The minimum Gasteiger partial charge on any atom is -0.491 e. The number of carbonyl (C=O) groups is 1. The number of benzene rings is 1. The molecule has 1 rings (SSSR count). The molecule has 4 nitrogen and oxygen atoms in total. The summed E-state index contributed by atoms with van der Waals surface area (Å²) in [4.78, 5) is 11.9. The summed E-state index contributed by atoms with van der Waals surface area (Å²) in [5, 5.41) is 11.3. The summed E-state index contributed by atoms with van der Waals surface area (Å²) in [7, 11) is 0. The molecule has 0 heterocycles. The minimum atomic E-state index is -0.188. The molecule has 1 aromatic rings. The molecular formula is C14H18N2O2. The molecule has 0 aliphatic carbocycles. The molecule has 18 heavy (non-hydrogen) atoms. The van der Waals surface area contributed by atoms with E-state index < -0.39 is 0 Å². The fourth-order valence-electron chi connectivity index (χ4n) is 1.48. The van der Waals surface area contributed by atoms with Crippen molar-refractivity contribution in [3.8, 4) is 11.8 Å². The van der Waals surface area contributed by atoms with E-state index in [1.165, 1.54) is 0 Å². The van der Waals surface area contributed by atoms with Gasteiger partial charge >= 0.3 is 0 Å². The fraction of sp³-hybridized carbons (Fsp3) is 0.429. The van der Waals surface area contributed by atoms with Crippen molar-refractivity contribution in [2.75, 3.05) is 0 Å². The number of hydrogen-bond donors (Lipinski definition) is 1. The zero-order valence-corrected chi connectivity index (χ0v) is 10.9. The van der Waals surface area contributed by atoms with Gasteiger partial charge in [0.15, 0.2) is 0 Å². The summed E-state index contributed by atoms with van der Waals surface area (Å²) in [5.41, 5.74) is 0.540. The second kappa shape index (κ2) is 6.65. The second-order valence-corrected chi connectivity index (χ2v) is 4.43. The number of carbonyl (C=O) groups excluding carboxylic acids is 1. The molecule has 0 saturated carbocycles. The van der Waals surface area contributed by atoms with Crippen LogP contribution >= 0.6 is 0 Å². The third kappa shape index (κ3) is 4.46. The second-order valence-electron chi connectivity index (χ2n) is 4.43. The first-order chi connectivity index (χ1) is 8.52. The molecule has 1 N–H and O–H groups in total. The highest BCUT2D eigenvalue weighted by molar-refractivity contribution is 5.94. The van der Waals surface area contributed by atoms with Crippen molar-refractivity contribution >= 4 is 5.91 Å². The van der Waals surface area contributed by atoms with Crippen molar-refractivity contribution in [2.24, 2.45) is 0 Å². The van der Waals surface area contributed by atoms with Crippen LogP contribution in [-0.4, -0.2) is 18.1 Å². The lowest BCUT2D eigenvalue weighted by atomic mass is 10.1. The molecular weight excluding hydrogens is 228 g/mol. The molecule has 0 aromatic heterocycles. The van der Waals surface area contributed by atoms with Crippen molar-refractivity contribution < 1.29 is 9.53 Å². The molecule has 0 fully saturated rings. The van der Waals surface area contributed by atoms with Gasteiger partial charge in [-0.2, -0.15) is 5.26 Å². The Morgan fingerprint density at radius 1 is 1.44 bits per heavy atom. The highest BCUT2D eigenvalue weighted by Gasteiger charge is 2.10. The molecule has 96 valence electrons. The first kappa shape index (κ1) is 14.0. The lowest BCUT2D eigenvalue weighted by molar-refractivity contribution is 0.0940.